The van der Waals surface area contributed by atoms with E-state index in [1.54, 1.807) is 30.3 Å². The molecular weight excluding hydrogens is 424 g/mol. The molecule has 138 valence electrons. The van der Waals surface area contributed by atoms with Crippen LogP contribution in [0.1, 0.15) is 12.0 Å². The summed E-state index contributed by atoms with van der Waals surface area (Å²) < 4.78 is 39.1. The van der Waals surface area contributed by atoms with Gasteiger partial charge in [-0.05, 0) is 42.8 Å². The van der Waals surface area contributed by atoms with E-state index in [9.17, 15) is 13.2 Å². The zero-order valence-corrected chi connectivity index (χ0v) is 16.6. The Kier molecular flexibility index (Phi) is 5.36. The molecule has 0 amide bonds. The van der Waals surface area contributed by atoms with Gasteiger partial charge in [-0.25, -0.2) is 0 Å². The van der Waals surface area contributed by atoms with Crippen LogP contribution in [0.2, 0.25) is 0 Å². The first-order valence-corrected chi connectivity index (χ1v) is 10.5. The van der Waals surface area contributed by atoms with Gasteiger partial charge >= 0.3 is 0 Å². The Morgan fingerprint density at radius 3 is 2.62 bits per heavy atom. The van der Waals surface area contributed by atoms with Crippen LogP contribution in [0.25, 0.3) is 21.9 Å². The highest BCUT2D eigenvalue weighted by Crippen LogP contribution is 2.30. The van der Waals surface area contributed by atoms with Crippen LogP contribution in [-0.2, 0) is 14.3 Å². The zero-order valence-electron chi connectivity index (χ0n) is 14.2. The van der Waals surface area contributed by atoms with Gasteiger partial charge in [-0.3, -0.25) is 8.98 Å². The molecule has 3 rings (SSSR count). The van der Waals surface area contributed by atoms with Crippen LogP contribution in [0.4, 0.5) is 0 Å². The van der Waals surface area contributed by atoms with E-state index >= 15 is 0 Å². The second-order valence-corrected chi connectivity index (χ2v) is 8.50. The molecule has 0 fully saturated rings. The predicted octanol–water partition coefficient (Wildman–Crippen LogP) is 3.76. The molecule has 3 aromatic rings. The lowest BCUT2D eigenvalue weighted by molar-refractivity contribution is 0.252. The number of aryl methyl sites for hydroxylation is 1. The topological polar surface area (TPSA) is 82.8 Å². The summed E-state index contributed by atoms with van der Waals surface area (Å²) in [6.45, 7) is 2.13. The third-order valence-corrected chi connectivity index (χ3v) is 4.78. The lowest BCUT2D eigenvalue weighted by atomic mass is 10.1. The Labute approximate surface area is 159 Å². The van der Waals surface area contributed by atoms with Crippen LogP contribution in [0.15, 0.2) is 44.0 Å². The molecule has 0 radical (unpaired) electrons. The Hall–Kier alpha value is -1.90. The number of hydrogen-bond donors (Lipinski definition) is 0. The number of halogens is 1. The molecule has 6 nitrogen and oxygen atoms in total. The van der Waals surface area contributed by atoms with E-state index in [2.05, 4.69) is 20.1 Å². The van der Waals surface area contributed by atoms with Gasteiger partial charge in [0.15, 0.2) is 11.3 Å². The van der Waals surface area contributed by atoms with Crippen LogP contribution < -0.4 is 10.2 Å². The maximum Gasteiger partial charge on any atom is 0.264 e. The van der Waals surface area contributed by atoms with Crippen LogP contribution in [0, 0.1) is 6.92 Å². The van der Waals surface area contributed by atoms with Crippen LogP contribution in [0.3, 0.4) is 0 Å². The molecule has 26 heavy (non-hydrogen) atoms. The van der Waals surface area contributed by atoms with Crippen molar-refractivity contribution >= 4 is 48.0 Å². The van der Waals surface area contributed by atoms with Crippen LogP contribution in [-0.4, -0.2) is 27.9 Å². The van der Waals surface area contributed by atoms with E-state index in [4.69, 9.17) is 9.15 Å². The highest BCUT2D eigenvalue weighted by Gasteiger charge is 2.13. The van der Waals surface area contributed by atoms with Crippen molar-refractivity contribution in [1.82, 2.24) is 0 Å². The molecule has 0 aliphatic rings. The Bertz CT molecular complexity index is 1130. The van der Waals surface area contributed by atoms with Gasteiger partial charge in [0.2, 0.25) is 5.43 Å². The Morgan fingerprint density at radius 1 is 1.12 bits per heavy atom. The first-order valence-electron chi connectivity index (χ1n) is 7.88. The van der Waals surface area contributed by atoms with Gasteiger partial charge in [-0.2, -0.15) is 8.42 Å². The van der Waals surface area contributed by atoms with Crippen molar-refractivity contribution in [2.24, 2.45) is 0 Å². The van der Waals surface area contributed by atoms with Crippen LogP contribution in [0.5, 0.6) is 5.75 Å². The summed E-state index contributed by atoms with van der Waals surface area (Å²) >= 11 is 3.37. The van der Waals surface area contributed by atoms with Gasteiger partial charge in [-0.1, -0.05) is 15.9 Å². The maximum atomic E-state index is 12.8. The molecule has 0 bridgehead atoms. The maximum absolute atomic E-state index is 12.8. The fraction of sp³-hybridized carbons (Fsp3) is 0.278. The van der Waals surface area contributed by atoms with E-state index in [-0.39, 0.29) is 18.6 Å². The number of hydrogen-bond acceptors (Lipinski definition) is 6. The van der Waals surface area contributed by atoms with Crippen molar-refractivity contribution in [2.75, 3.05) is 19.5 Å². The molecular formula is C18H17BrO6S. The van der Waals surface area contributed by atoms with E-state index in [0.717, 1.165) is 16.3 Å². The molecule has 1 aromatic heterocycles. The second-order valence-electron chi connectivity index (χ2n) is 5.94. The summed E-state index contributed by atoms with van der Waals surface area (Å²) in [4.78, 5) is 12.8. The minimum absolute atomic E-state index is 0.0302. The van der Waals surface area contributed by atoms with Gasteiger partial charge in [0.25, 0.3) is 10.1 Å². The summed E-state index contributed by atoms with van der Waals surface area (Å²) in [6, 6.07) is 8.80. The van der Waals surface area contributed by atoms with Crippen molar-refractivity contribution in [3.63, 3.8) is 0 Å². The first kappa shape index (κ1) is 18.9. The zero-order chi connectivity index (χ0) is 18.9. The molecule has 0 atom stereocenters. The van der Waals surface area contributed by atoms with Gasteiger partial charge in [0.1, 0.15) is 5.58 Å². The van der Waals surface area contributed by atoms with Crippen molar-refractivity contribution in [2.45, 2.75) is 13.3 Å². The monoisotopic (exact) mass is 440 g/mol. The van der Waals surface area contributed by atoms with E-state index in [1.165, 1.54) is 0 Å². The summed E-state index contributed by atoms with van der Waals surface area (Å²) in [5, 5.41) is 0.945. The minimum atomic E-state index is -3.46. The second kappa shape index (κ2) is 7.38. The van der Waals surface area contributed by atoms with Gasteiger partial charge in [0.05, 0.1) is 30.2 Å². The third-order valence-electron chi connectivity index (χ3n) is 3.69. The molecule has 0 saturated carbocycles. The molecule has 0 aliphatic carbocycles. The number of ether oxygens (including phenoxy) is 1. The number of fused-ring (bicyclic) bond motifs is 2. The normalized spacial score (nSPS) is 12.0. The van der Waals surface area contributed by atoms with Crippen molar-refractivity contribution < 1.29 is 21.8 Å². The van der Waals surface area contributed by atoms with E-state index in [1.807, 2.05) is 6.92 Å². The molecule has 2 aromatic carbocycles. The highest BCUT2D eigenvalue weighted by atomic mass is 79.9. The van der Waals surface area contributed by atoms with Crippen LogP contribution >= 0.6 is 15.9 Å². The minimum Gasteiger partial charge on any atom is -0.490 e. The fourth-order valence-corrected chi connectivity index (χ4v) is 3.36. The van der Waals surface area contributed by atoms with Gasteiger partial charge in [0, 0.05) is 10.9 Å². The quantitative estimate of drug-likeness (QED) is 0.329. The number of benzene rings is 2. The molecule has 8 heteroatoms. The third kappa shape index (κ3) is 4.25. The lowest BCUT2D eigenvalue weighted by Gasteiger charge is -2.10. The average molecular weight is 441 g/mol. The first-order chi connectivity index (χ1) is 12.2. The molecule has 0 saturated heterocycles. The average Bonchev–Trinajstić information content (AvgIpc) is 2.54. The van der Waals surface area contributed by atoms with Crippen molar-refractivity contribution in [3.8, 4) is 5.75 Å². The van der Waals surface area contributed by atoms with Gasteiger partial charge in [-0.15, -0.1) is 0 Å². The Morgan fingerprint density at radius 2 is 1.88 bits per heavy atom. The smallest absolute Gasteiger partial charge is 0.264 e. The lowest BCUT2D eigenvalue weighted by Crippen LogP contribution is -2.09. The molecule has 0 spiro atoms. The fourth-order valence-electron chi connectivity index (χ4n) is 2.60. The Balaban J connectivity index is 1.94. The predicted molar refractivity (Wildman–Crippen MR) is 103 cm³/mol. The number of rotatable bonds is 6. The summed E-state index contributed by atoms with van der Waals surface area (Å²) in [7, 11) is -3.46. The highest BCUT2D eigenvalue weighted by molar-refractivity contribution is 9.10. The molecule has 1 heterocycles. The summed E-state index contributed by atoms with van der Waals surface area (Å²) in [5.41, 5.74) is 1.58. The van der Waals surface area contributed by atoms with E-state index < -0.39 is 10.1 Å². The summed E-state index contributed by atoms with van der Waals surface area (Å²) in [5.74, 6) is 0.443. The van der Waals surface area contributed by atoms with Crippen molar-refractivity contribution in [1.29, 1.82) is 0 Å². The van der Waals surface area contributed by atoms with E-state index in [0.29, 0.717) is 34.1 Å². The molecule has 0 N–H and O–H groups in total. The summed E-state index contributed by atoms with van der Waals surface area (Å²) in [6.07, 6.45) is 1.38. The largest absolute Gasteiger partial charge is 0.490 e. The SMILES string of the molecule is Cc1cc(OCCCOS(C)(=O)=O)c2oc3cc(Br)ccc3c(=O)c2c1. The van der Waals surface area contributed by atoms with Gasteiger partial charge < -0.3 is 9.15 Å². The molecule has 0 aliphatic heterocycles. The standard InChI is InChI=1S/C18H17BrO6S/c1-11-8-14-17(20)13-5-4-12(19)10-15(13)25-18(14)16(9-11)23-6-3-7-24-26(2,21)22/h4-5,8-10H,3,6-7H2,1-2H3. The molecule has 0 unspecified atom stereocenters. The van der Waals surface area contributed by atoms with Crippen molar-refractivity contribution in [3.05, 3.63) is 50.6 Å².